The molecule has 0 bridgehead atoms. The third kappa shape index (κ3) is 2.24. The quantitative estimate of drug-likeness (QED) is 0.682. The van der Waals surface area contributed by atoms with Gasteiger partial charge in [-0.3, -0.25) is 0 Å². The fourth-order valence-electron chi connectivity index (χ4n) is 1.77. The number of nitrogens with two attached hydrogens (primary N) is 1. The number of anilines is 1. The van der Waals surface area contributed by atoms with E-state index in [0.29, 0.717) is 15.7 Å². The van der Waals surface area contributed by atoms with Crippen molar-refractivity contribution in [3.05, 3.63) is 52.5 Å². The molecule has 2 aromatic carbocycles. The monoisotopic (exact) mass is 305 g/mol. The van der Waals surface area contributed by atoms with Crippen LogP contribution in [0, 0.1) is 0 Å². The van der Waals surface area contributed by atoms with Crippen molar-refractivity contribution in [1.29, 1.82) is 0 Å². The summed E-state index contributed by atoms with van der Waals surface area (Å²) in [7, 11) is 1.34. The Morgan fingerprint density at radius 2 is 1.83 bits per heavy atom. The molecule has 0 aliphatic heterocycles. The van der Waals surface area contributed by atoms with Crippen molar-refractivity contribution in [3.63, 3.8) is 0 Å². The molecule has 0 aliphatic rings. The summed E-state index contributed by atoms with van der Waals surface area (Å²) in [6.07, 6.45) is 0. The van der Waals surface area contributed by atoms with Crippen LogP contribution < -0.4 is 5.73 Å². The molecule has 0 fully saturated rings. The summed E-state index contributed by atoms with van der Waals surface area (Å²) >= 11 is 3.32. The first-order valence-electron chi connectivity index (χ1n) is 5.37. The molecule has 0 aliphatic carbocycles. The number of ether oxygens (including phenoxy) is 1. The fraction of sp³-hybridized carbons (Fsp3) is 0.0714. The van der Waals surface area contributed by atoms with Gasteiger partial charge in [0.1, 0.15) is 0 Å². The Morgan fingerprint density at radius 1 is 1.17 bits per heavy atom. The van der Waals surface area contributed by atoms with Crippen LogP contribution in [-0.2, 0) is 4.74 Å². The summed E-state index contributed by atoms with van der Waals surface area (Å²) in [4.78, 5) is 11.9. The highest BCUT2D eigenvalue weighted by Crippen LogP contribution is 2.33. The van der Waals surface area contributed by atoms with Crippen molar-refractivity contribution in [2.75, 3.05) is 12.8 Å². The largest absolute Gasteiger partial charge is 0.465 e. The number of esters is 1. The molecule has 0 unspecified atom stereocenters. The van der Waals surface area contributed by atoms with Crippen LogP contribution in [0.3, 0.4) is 0 Å². The lowest BCUT2D eigenvalue weighted by molar-refractivity contribution is 0.0603. The smallest absolute Gasteiger partial charge is 0.340 e. The van der Waals surface area contributed by atoms with Gasteiger partial charge in [-0.25, -0.2) is 4.79 Å². The van der Waals surface area contributed by atoms with Crippen molar-refractivity contribution in [2.45, 2.75) is 0 Å². The molecule has 0 atom stereocenters. The maximum atomic E-state index is 11.9. The van der Waals surface area contributed by atoms with E-state index in [9.17, 15) is 4.79 Å². The maximum Gasteiger partial charge on any atom is 0.340 e. The average molecular weight is 306 g/mol. The van der Waals surface area contributed by atoms with Gasteiger partial charge < -0.3 is 10.5 Å². The van der Waals surface area contributed by atoms with Gasteiger partial charge in [0.05, 0.1) is 18.4 Å². The third-order valence-electron chi connectivity index (χ3n) is 2.67. The Hall–Kier alpha value is -1.81. The van der Waals surface area contributed by atoms with Crippen LogP contribution in [0.1, 0.15) is 10.4 Å². The summed E-state index contributed by atoms with van der Waals surface area (Å²) in [6.45, 7) is 0. The maximum absolute atomic E-state index is 11.9. The summed E-state index contributed by atoms with van der Waals surface area (Å²) in [5.41, 5.74) is 8.42. The van der Waals surface area contributed by atoms with E-state index in [1.807, 2.05) is 42.5 Å². The Kier molecular flexibility index (Phi) is 3.67. The zero-order valence-corrected chi connectivity index (χ0v) is 11.4. The van der Waals surface area contributed by atoms with Gasteiger partial charge >= 0.3 is 5.97 Å². The second-order valence-corrected chi connectivity index (χ2v) is 4.60. The third-order valence-corrected chi connectivity index (χ3v) is 3.36. The number of hydrogen-bond acceptors (Lipinski definition) is 3. The molecule has 0 saturated carbocycles. The van der Waals surface area contributed by atoms with Gasteiger partial charge in [0.15, 0.2) is 0 Å². The van der Waals surface area contributed by atoms with Crippen molar-refractivity contribution < 1.29 is 9.53 Å². The molecule has 0 heterocycles. The van der Waals surface area contributed by atoms with Crippen LogP contribution in [0.4, 0.5) is 5.69 Å². The van der Waals surface area contributed by atoms with Crippen LogP contribution in [-0.4, -0.2) is 13.1 Å². The number of methoxy groups -OCH3 is 1. The van der Waals surface area contributed by atoms with E-state index in [1.165, 1.54) is 7.11 Å². The number of carbonyl (C=O) groups excluding carboxylic acids is 1. The zero-order chi connectivity index (χ0) is 13.1. The minimum Gasteiger partial charge on any atom is -0.465 e. The molecule has 0 spiro atoms. The highest BCUT2D eigenvalue weighted by atomic mass is 79.9. The first-order chi connectivity index (χ1) is 8.65. The molecule has 0 radical (unpaired) electrons. The fourth-order valence-corrected chi connectivity index (χ4v) is 2.10. The Bertz CT molecular complexity index is 582. The first-order valence-corrected chi connectivity index (χ1v) is 6.16. The van der Waals surface area contributed by atoms with Crippen molar-refractivity contribution >= 4 is 27.6 Å². The van der Waals surface area contributed by atoms with Crippen LogP contribution in [0.25, 0.3) is 11.1 Å². The van der Waals surface area contributed by atoms with E-state index < -0.39 is 5.97 Å². The van der Waals surface area contributed by atoms with Crippen molar-refractivity contribution in [1.82, 2.24) is 0 Å². The minimum absolute atomic E-state index is 0.387. The highest BCUT2D eigenvalue weighted by molar-refractivity contribution is 9.10. The summed E-state index contributed by atoms with van der Waals surface area (Å²) < 4.78 is 5.48. The second kappa shape index (κ2) is 5.23. The van der Waals surface area contributed by atoms with Gasteiger partial charge in [-0.15, -0.1) is 0 Å². The minimum atomic E-state index is -0.437. The number of halogens is 1. The van der Waals surface area contributed by atoms with E-state index >= 15 is 0 Å². The molecule has 2 rings (SSSR count). The van der Waals surface area contributed by atoms with Gasteiger partial charge in [0.2, 0.25) is 0 Å². The number of carbonyl (C=O) groups is 1. The lowest BCUT2D eigenvalue weighted by atomic mass is 9.98. The number of rotatable bonds is 2. The summed E-state index contributed by atoms with van der Waals surface area (Å²) in [5, 5.41) is 0. The molecule has 4 heteroatoms. The van der Waals surface area contributed by atoms with E-state index in [-0.39, 0.29) is 0 Å². The molecular weight excluding hydrogens is 294 g/mol. The Labute approximate surface area is 114 Å². The molecule has 2 aromatic rings. The number of hydrogen-bond donors (Lipinski definition) is 1. The zero-order valence-electron chi connectivity index (χ0n) is 9.81. The molecular formula is C14H12BrNO2. The van der Waals surface area contributed by atoms with E-state index in [0.717, 1.165) is 11.1 Å². The molecule has 92 valence electrons. The normalized spacial score (nSPS) is 10.1. The van der Waals surface area contributed by atoms with Gasteiger partial charge in [-0.05, 0) is 33.1 Å². The first kappa shape index (κ1) is 12.6. The van der Waals surface area contributed by atoms with Crippen LogP contribution >= 0.6 is 15.9 Å². The summed E-state index contributed by atoms with van der Waals surface area (Å²) in [5.74, 6) is -0.437. The molecule has 3 nitrogen and oxygen atoms in total. The predicted molar refractivity (Wildman–Crippen MR) is 75.3 cm³/mol. The van der Waals surface area contributed by atoms with Gasteiger partial charge in [0, 0.05) is 4.47 Å². The molecule has 2 N–H and O–H groups in total. The molecule has 0 saturated heterocycles. The van der Waals surface area contributed by atoms with Gasteiger partial charge in [-0.2, -0.15) is 0 Å². The predicted octanol–water partition coefficient (Wildman–Crippen LogP) is 3.48. The molecule has 0 aromatic heterocycles. The molecule has 18 heavy (non-hydrogen) atoms. The van der Waals surface area contributed by atoms with Gasteiger partial charge in [0.25, 0.3) is 0 Å². The average Bonchev–Trinajstić information content (AvgIpc) is 2.42. The molecule has 0 amide bonds. The van der Waals surface area contributed by atoms with Gasteiger partial charge in [-0.1, -0.05) is 36.4 Å². The lowest BCUT2D eigenvalue weighted by Gasteiger charge is -2.12. The Balaban J connectivity index is 2.68. The van der Waals surface area contributed by atoms with E-state index in [2.05, 4.69) is 15.9 Å². The Morgan fingerprint density at radius 3 is 2.44 bits per heavy atom. The second-order valence-electron chi connectivity index (χ2n) is 3.74. The van der Waals surface area contributed by atoms with Crippen molar-refractivity contribution in [2.24, 2.45) is 0 Å². The van der Waals surface area contributed by atoms with E-state index in [4.69, 9.17) is 10.5 Å². The van der Waals surface area contributed by atoms with Crippen molar-refractivity contribution in [3.8, 4) is 11.1 Å². The van der Waals surface area contributed by atoms with Crippen LogP contribution in [0.2, 0.25) is 0 Å². The van der Waals surface area contributed by atoms with Crippen LogP contribution in [0.5, 0.6) is 0 Å². The van der Waals surface area contributed by atoms with E-state index in [1.54, 1.807) is 0 Å². The van der Waals surface area contributed by atoms with Crippen LogP contribution in [0.15, 0.2) is 46.9 Å². The topological polar surface area (TPSA) is 52.3 Å². The standard InChI is InChI=1S/C14H12BrNO2/c1-18-14(17)12-10(7-8-11(15)13(12)16)9-5-3-2-4-6-9/h2-8H,16H2,1H3. The summed E-state index contributed by atoms with van der Waals surface area (Å²) in [6, 6.07) is 13.3. The number of benzene rings is 2. The highest BCUT2D eigenvalue weighted by Gasteiger charge is 2.18. The SMILES string of the molecule is COC(=O)c1c(-c2ccccc2)ccc(Br)c1N. The lowest BCUT2D eigenvalue weighted by Crippen LogP contribution is -2.08. The number of nitrogen functional groups attached to an aromatic ring is 1.